The molecule has 2 fully saturated rings. The van der Waals surface area contributed by atoms with E-state index < -0.39 is 0 Å². The summed E-state index contributed by atoms with van der Waals surface area (Å²) < 4.78 is 5.59. The highest BCUT2D eigenvalue weighted by Gasteiger charge is 2.35. The Morgan fingerprint density at radius 2 is 2.25 bits per heavy atom. The van der Waals surface area contributed by atoms with Crippen LogP contribution in [0.15, 0.2) is 0 Å². The molecule has 1 atom stereocenters. The van der Waals surface area contributed by atoms with Gasteiger partial charge in [-0.1, -0.05) is 6.42 Å². The van der Waals surface area contributed by atoms with Crippen LogP contribution < -0.4 is 5.32 Å². The van der Waals surface area contributed by atoms with Crippen molar-refractivity contribution in [1.29, 1.82) is 0 Å². The topological polar surface area (TPSA) is 24.5 Å². The molecule has 0 aromatic carbocycles. The summed E-state index contributed by atoms with van der Waals surface area (Å²) in [7, 11) is 4.32. The van der Waals surface area contributed by atoms with Crippen molar-refractivity contribution in [3.05, 3.63) is 0 Å². The third-order valence-electron chi connectivity index (χ3n) is 4.14. The Morgan fingerprint density at radius 1 is 1.44 bits per heavy atom. The molecule has 0 aromatic heterocycles. The van der Waals surface area contributed by atoms with Gasteiger partial charge in [0.2, 0.25) is 0 Å². The van der Waals surface area contributed by atoms with Gasteiger partial charge in [0, 0.05) is 31.7 Å². The molecule has 1 aliphatic carbocycles. The molecule has 0 bridgehead atoms. The normalized spacial score (nSPS) is 30.9. The van der Waals surface area contributed by atoms with Crippen molar-refractivity contribution in [2.24, 2.45) is 11.3 Å². The van der Waals surface area contributed by atoms with Crippen LogP contribution in [0.3, 0.4) is 0 Å². The second-order valence-corrected chi connectivity index (χ2v) is 5.83. The Labute approximate surface area is 99.5 Å². The van der Waals surface area contributed by atoms with Crippen molar-refractivity contribution in [3.8, 4) is 0 Å². The molecular formula is C13H26N2O. The van der Waals surface area contributed by atoms with Gasteiger partial charge in [-0.15, -0.1) is 0 Å². The predicted molar refractivity (Wildman–Crippen MR) is 66.6 cm³/mol. The van der Waals surface area contributed by atoms with E-state index in [1.165, 1.54) is 38.8 Å². The SMILES string of the molecule is CNCC1(CN(C)CC2CCC2)CCOC1. The van der Waals surface area contributed by atoms with E-state index in [1.54, 1.807) is 0 Å². The lowest BCUT2D eigenvalue weighted by molar-refractivity contribution is 0.104. The minimum atomic E-state index is 0.368. The van der Waals surface area contributed by atoms with E-state index in [-0.39, 0.29) is 0 Å². The Morgan fingerprint density at radius 3 is 2.75 bits per heavy atom. The molecule has 94 valence electrons. The van der Waals surface area contributed by atoms with Crippen LogP contribution in [0.25, 0.3) is 0 Å². The third-order valence-corrected chi connectivity index (χ3v) is 4.14. The largest absolute Gasteiger partial charge is 0.381 e. The first kappa shape index (κ1) is 12.3. The summed E-state index contributed by atoms with van der Waals surface area (Å²) in [6.45, 7) is 5.43. The molecule has 0 amide bonds. The van der Waals surface area contributed by atoms with Gasteiger partial charge < -0.3 is 15.0 Å². The smallest absolute Gasteiger partial charge is 0.0547 e. The molecule has 1 unspecified atom stereocenters. The highest BCUT2D eigenvalue weighted by Crippen LogP contribution is 2.31. The van der Waals surface area contributed by atoms with Crippen molar-refractivity contribution >= 4 is 0 Å². The van der Waals surface area contributed by atoms with Gasteiger partial charge in [-0.25, -0.2) is 0 Å². The van der Waals surface area contributed by atoms with Gasteiger partial charge in [0.15, 0.2) is 0 Å². The monoisotopic (exact) mass is 226 g/mol. The Bertz CT molecular complexity index is 210. The van der Waals surface area contributed by atoms with Crippen LogP contribution >= 0.6 is 0 Å². The van der Waals surface area contributed by atoms with Gasteiger partial charge >= 0.3 is 0 Å². The number of hydrogen-bond acceptors (Lipinski definition) is 3. The average Bonchev–Trinajstić information content (AvgIpc) is 2.61. The van der Waals surface area contributed by atoms with Crippen LogP contribution in [0.4, 0.5) is 0 Å². The summed E-state index contributed by atoms with van der Waals surface area (Å²) in [6.07, 6.45) is 5.55. The molecule has 0 aromatic rings. The van der Waals surface area contributed by atoms with Crippen LogP contribution in [0, 0.1) is 11.3 Å². The fourth-order valence-corrected chi connectivity index (χ4v) is 3.10. The molecule has 1 saturated heterocycles. The van der Waals surface area contributed by atoms with Gasteiger partial charge in [-0.05, 0) is 39.3 Å². The highest BCUT2D eigenvalue weighted by molar-refractivity contribution is 4.88. The van der Waals surface area contributed by atoms with E-state index in [0.717, 1.165) is 25.7 Å². The first-order valence-electron chi connectivity index (χ1n) is 6.65. The minimum Gasteiger partial charge on any atom is -0.381 e. The van der Waals surface area contributed by atoms with E-state index in [1.807, 2.05) is 7.05 Å². The fourth-order valence-electron chi connectivity index (χ4n) is 3.10. The minimum absolute atomic E-state index is 0.368. The molecule has 1 saturated carbocycles. The summed E-state index contributed by atoms with van der Waals surface area (Å²) in [5.41, 5.74) is 0.368. The summed E-state index contributed by atoms with van der Waals surface area (Å²) in [6, 6.07) is 0. The molecule has 1 N–H and O–H groups in total. The number of ether oxygens (including phenoxy) is 1. The van der Waals surface area contributed by atoms with Crippen molar-refractivity contribution in [2.45, 2.75) is 25.7 Å². The maximum absolute atomic E-state index is 5.59. The maximum atomic E-state index is 5.59. The molecule has 0 spiro atoms. The molecule has 0 radical (unpaired) electrons. The molecule has 1 aliphatic heterocycles. The lowest BCUT2D eigenvalue weighted by Crippen LogP contribution is -2.44. The lowest BCUT2D eigenvalue weighted by atomic mass is 9.83. The molecule has 3 nitrogen and oxygen atoms in total. The predicted octanol–water partition coefficient (Wildman–Crippen LogP) is 1.34. The van der Waals surface area contributed by atoms with E-state index in [4.69, 9.17) is 4.74 Å². The van der Waals surface area contributed by atoms with Crippen LogP contribution in [0.2, 0.25) is 0 Å². The van der Waals surface area contributed by atoms with Crippen LogP contribution in [-0.2, 0) is 4.74 Å². The summed E-state index contributed by atoms with van der Waals surface area (Å²) in [4.78, 5) is 2.52. The van der Waals surface area contributed by atoms with Crippen LogP contribution in [0.1, 0.15) is 25.7 Å². The van der Waals surface area contributed by atoms with Gasteiger partial charge in [-0.2, -0.15) is 0 Å². The zero-order chi connectivity index (χ0) is 11.4. The van der Waals surface area contributed by atoms with E-state index >= 15 is 0 Å². The van der Waals surface area contributed by atoms with Gasteiger partial charge in [-0.3, -0.25) is 0 Å². The maximum Gasteiger partial charge on any atom is 0.0547 e. The second kappa shape index (κ2) is 5.48. The Balaban J connectivity index is 1.79. The molecule has 2 rings (SSSR count). The van der Waals surface area contributed by atoms with Gasteiger partial charge in [0.05, 0.1) is 6.61 Å². The number of nitrogens with one attached hydrogen (secondary N) is 1. The Hall–Kier alpha value is -0.120. The first-order valence-corrected chi connectivity index (χ1v) is 6.65. The zero-order valence-corrected chi connectivity index (χ0v) is 10.8. The second-order valence-electron chi connectivity index (χ2n) is 5.83. The molecule has 16 heavy (non-hydrogen) atoms. The van der Waals surface area contributed by atoms with Crippen LogP contribution in [0.5, 0.6) is 0 Å². The van der Waals surface area contributed by atoms with Gasteiger partial charge in [0.25, 0.3) is 0 Å². The summed E-state index contributed by atoms with van der Waals surface area (Å²) in [5.74, 6) is 0.971. The Kier molecular flexibility index (Phi) is 4.22. The number of nitrogens with zero attached hydrogens (tertiary/aromatic N) is 1. The molecule has 2 aliphatic rings. The number of hydrogen-bond donors (Lipinski definition) is 1. The number of rotatable bonds is 6. The van der Waals surface area contributed by atoms with E-state index in [9.17, 15) is 0 Å². The lowest BCUT2D eigenvalue weighted by Gasteiger charge is -2.36. The molecular weight excluding hydrogens is 200 g/mol. The van der Waals surface area contributed by atoms with Crippen molar-refractivity contribution in [1.82, 2.24) is 10.2 Å². The van der Waals surface area contributed by atoms with Gasteiger partial charge in [0.1, 0.15) is 0 Å². The van der Waals surface area contributed by atoms with Crippen molar-refractivity contribution in [2.75, 3.05) is 46.9 Å². The van der Waals surface area contributed by atoms with E-state index in [2.05, 4.69) is 17.3 Å². The molecule has 3 heteroatoms. The summed E-state index contributed by atoms with van der Waals surface area (Å²) >= 11 is 0. The standard InChI is InChI=1S/C13H26N2O/c1-14-9-13(6-7-16-11-13)10-15(2)8-12-4-3-5-12/h12,14H,3-11H2,1-2H3. The highest BCUT2D eigenvalue weighted by atomic mass is 16.5. The van der Waals surface area contributed by atoms with Crippen molar-refractivity contribution < 1.29 is 4.74 Å². The fraction of sp³-hybridized carbons (Fsp3) is 1.00. The molecule has 1 heterocycles. The van der Waals surface area contributed by atoms with E-state index in [0.29, 0.717) is 5.41 Å². The average molecular weight is 226 g/mol. The van der Waals surface area contributed by atoms with Crippen molar-refractivity contribution in [3.63, 3.8) is 0 Å². The zero-order valence-electron chi connectivity index (χ0n) is 10.8. The first-order chi connectivity index (χ1) is 7.74. The quantitative estimate of drug-likeness (QED) is 0.740. The third kappa shape index (κ3) is 2.96. The van der Waals surface area contributed by atoms with Crippen LogP contribution in [-0.4, -0.2) is 51.8 Å². The summed E-state index contributed by atoms with van der Waals surface area (Å²) in [5, 5.41) is 3.33.